The normalized spacial score (nSPS) is 9.94. The number of likely N-dealkylation sites (N-methyl/N-ethyl adjacent to an activating group) is 1. The molecule has 0 spiro atoms. The van der Waals surface area contributed by atoms with Gasteiger partial charge in [0.15, 0.2) is 0 Å². The van der Waals surface area contributed by atoms with E-state index in [1.54, 1.807) is 25.3 Å². The number of hydrogen-bond acceptors (Lipinski definition) is 3. The quantitative estimate of drug-likeness (QED) is 0.842. The molecule has 0 aliphatic carbocycles. The maximum Gasteiger partial charge on any atom is 0.394 e. The number of methoxy groups -OCH3 is 1. The molecule has 0 unspecified atom stereocenters. The second-order valence-corrected chi connectivity index (χ2v) is 4.17. The summed E-state index contributed by atoms with van der Waals surface area (Å²) in [5, 5.41) is 9.13. The molecule has 1 aromatic rings. The van der Waals surface area contributed by atoms with E-state index in [4.69, 9.17) is 21.4 Å². The van der Waals surface area contributed by atoms with Gasteiger partial charge in [0.2, 0.25) is 0 Å². The van der Waals surface area contributed by atoms with Gasteiger partial charge >= 0.3 is 11.9 Å². The first-order valence-corrected chi connectivity index (χ1v) is 5.64. The van der Waals surface area contributed by atoms with Gasteiger partial charge in [0, 0.05) is 18.6 Å². The van der Waals surface area contributed by atoms with E-state index in [9.17, 15) is 9.59 Å². The molecule has 0 bridgehead atoms. The van der Waals surface area contributed by atoms with Crippen LogP contribution in [0.5, 0.6) is 5.75 Å². The number of hydrogen-bond donors (Lipinski definition) is 1. The van der Waals surface area contributed by atoms with E-state index in [0.717, 1.165) is 10.5 Å². The summed E-state index contributed by atoms with van der Waals surface area (Å²) >= 11 is 5.87. The van der Waals surface area contributed by atoms with Gasteiger partial charge < -0.3 is 14.7 Å². The fraction of sp³-hybridized carbons (Fsp3) is 0.333. The third-order valence-electron chi connectivity index (χ3n) is 2.49. The van der Waals surface area contributed by atoms with Crippen LogP contribution in [0.3, 0.4) is 0 Å². The summed E-state index contributed by atoms with van der Waals surface area (Å²) < 4.78 is 5.16. The van der Waals surface area contributed by atoms with Gasteiger partial charge in [-0.25, -0.2) is 4.79 Å². The average Bonchev–Trinajstić information content (AvgIpc) is 2.35. The van der Waals surface area contributed by atoms with E-state index in [-0.39, 0.29) is 6.54 Å². The highest BCUT2D eigenvalue weighted by atomic mass is 35.5. The first-order chi connectivity index (χ1) is 8.45. The van der Waals surface area contributed by atoms with Crippen LogP contribution in [-0.2, 0) is 16.0 Å². The van der Waals surface area contributed by atoms with E-state index in [1.165, 1.54) is 7.05 Å². The number of nitrogens with zero attached hydrogens (tertiary/aromatic N) is 1. The Morgan fingerprint density at radius 2 is 2.11 bits per heavy atom. The maximum atomic E-state index is 11.2. The Kier molecular flexibility index (Phi) is 4.97. The molecule has 0 aromatic heterocycles. The van der Waals surface area contributed by atoms with E-state index in [1.807, 2.05) is 0 Å². The summed E-state index contributed by atoms with van der Waals surface area (Å²) in [4.78, 5) is 22.8. The molecule has 0 radical (unpaired) electrons. The Morgan fingerprint density at radius 1 is 1.44 bits per heavy atom. The van der Waals surface area contributed by atoms with Gasteiger partial charge in [-0.15, -0.1) is 0 Å². The highest BCUT2D eigenvalue weighted by Gasteiger charge is 2.17. The number of rotatable bonds is 4. The third-order valence-corrected chi connectivity index (χ3v) is 2.72. The van der Waals surface area contributed by atoms with Crippen LogP contribution in [-0.4, -0.2) is 42.6 Å². The lowest BCUT2D eigenvalue weighted by molar-refractivity contribution is -0.155. The summed E-state index contributed by atoms with van der Waals surface area (Å²) in [6.45, 7) is 0.280. The molecule has 1 N–H and O–H groups in total. The minimum absolute atomic E-state index is 0.280. The lowest BCUT2D eigenvalue weighted by Crippen LogP contribution is -2.34. The Bertz CT molecular complexity index is 461. The number of halogens is 1. The van der Waals surface area contributed by atoms with Crippen molar-refractivity contribution in [2.24, 2.45) is 0 Å². The van der Waals surface area contributed by atoms with Crippen molar-refractivity contribution in [2.45, 2.75) is 6.42 Å². The fourth-order valence-corrected chi connectivity index (χ4v) is 1.69. The molecule has 6 heteroatoms. The summed E-state index contributed by atoms with van der Waals surface area (Å²) in [7, 11) is 2.98. The minimum atomic E-state index is -1.46. The van der Waals surface area contributed by atoms with Gasteiger partial charge in [-0.05, 0) is 30.2 Å². The third kappa shape index (κ3) is 3.63. The minimum Gasteiger partial charge on any atom is -0.496 e. The Hall–Kier alpha value is -1.75. The number of amides is 1. The van der Waals surface area contributed by atoms with Gasteiger partial charge in [-0.2, -0.15) is 0 Å². The molecule has 1 rings (SSSR count). The van der Waals surface area contributed by atoms with Crippen LogP contribution in [0.2, 0.25) is 5.02 Å². The Morgan fingerprint density at radius 3 is 2.67 bits per heavy atom. The number of ether oxygens (including phenoxy) is 1. The van der Waals surface area contributed by atoms with Crippen molar-refractivity contribution < 1.29 is 19.4 Å². The van der Waals surface area contributed by atoms with Crippen LogP contribution >= 0.6 is 11.6 Å². The first-order valence-electron chi connectivity index (χ1n) is 5.26. The van der Waals surface area contributed by atoms with E-state index >= 15 is 0 Å². The number of carboxylic acids is 1. The van der Waals surface area contributed by atoms with Gasteiger partial charge in [-0.3, -0.25) is 4.79 Å². The molecule has 0 atom stereocenters. The highest BCUT2D eigenvalue weighted by molar-refractivity contribution is 6.31. The van der Waals surface area contributed by atoms with Gasteiger partial charge in [0.05, 0.1) is 7.11 Å². The zero-order valence-corrected chi connectivity index (χ0v) is 10.9. The van der Waals surface area contributed by atoms with E-state index in [2.05, 4.69) is 0 Å². The molecule has 5 nitrogen and oxygen atoms in total. The van der Waals surface area contributed by atoms with Crippen LogP contribution < -0.4 is 4.74 Å². The molecule has 0 aliphatic heterocycles. The zero-order valence-electron chi connectivity index (χ0n) is 10.1. The smallest absolute Gasteiger partial charge is 0.394 e. The predicted octanol–water partition coefficient (Wildman–Crippen LogP) is 1.43. The molecule has 0 fully saturated rings. The van der Waals surface area contributed by atoms with Crippen molar-refractivity contribution in [1.82, 2.24) is 4.90 Å². The molecule has 0 saturated heterocycles. The second-order valence-electron chi connectivity index (χ2n) is 3.74. The highest BCUT2D eigenvalue weighted by Crippen LogP contribution is 2.23. The van der Waals surface area contributed by atoms with Gasteiger partial charge in [0.25, 0.3) is 0 Å². The molecule has 98 valence electrons. The van der Waals surface area contributed by atoms with Gasteiger partial charge in [0.1, 0.15) is 5.75 Å². The standard InChI is InChI=1S/C12H14ClNO4/c1-14(11(15)12(16)17)6-5-8-7-9(13)3-4-10(8)18-2/h3-4,7H,5-6H2,1-2H3,(H,16,17). The molecular formula is C12H14ClNO4. The number of carboxylic acid groups (broad SMARTS) is 1. The zero-order chi connectivity index (χ0) is 13.7. The molecular weight excluding hydrogens is 258 g/mol. The van der Waals surface area contributed by atoms with Crippen molar-refractivity contribution in [3.63, 3.8) is 0 Å². The molecule has 0 heterocycles. The number of aliphatic carboxylic acids is 1. The van der Waals surface area contributed by atoms with Crippen LogP contribution in [0.4, 0.5) is 0 Å². The van der Waals surface area contributed by atoms with Crippen molar-refractivity contribution >= 4 is 23.5 Å². The Balaban J connectivity index is 2.71. The lowest BCUT2D eigenvalue weighted by Gasteiger charge is -2.15. The fourth-order valence-electron chi connectivity index (χ4n) is 1.50. The van der Waals surface area contributed by atoms with Crippen molar-refractivity contribution in [2.75, 3.05) is 20.7 Å². The van der Waals surface area contributed by atoms with Crippen LogP contribution in [0, 0.1) is 0 Å². The van der Waals surface area contributed by atoms with Crippen LogP contribution in [0.1, 0.15) is 5.56 Å². The lowest BCUT2D eigenvalue weighted by atomic mass is 10.1. The van der Waals surface area contributed by atoms with E-state index < -0.39 is 11.9 Å². The SMILES string of the molecule is COc1ccc(Cl)cc1CCN(C)C(=O)C(=O)O. The summed E-state index contributed by atoms with van der Waals surface area (Å²) in [5.74, 6) is -1.73. The molecule has 0 aliphatic rings. The average molecular weight is 272 g/mol. The van der Waals surface area contributed by atoms with Crippen molar-refractivity contribution in [1.29, 1.82) is 0 Å². The first kappa shape index (κ1) is 14.3. The molecule has 1 amide bonds. The number of carbonyl (C=O) groups excluding carboxylic acids is 1. The maximum absolute atomic E-state index is 11.2. The van der Waals surface area contributed by atoms with Crippen LogP contribution in [0.15, 0.2) is 18.2 Å². The van der Waals surface area contributed by atoms with Gasteiger partial charge in [-0.1, -0.05) is 11.6 Å². The monoisotopic (exact) mass is 271 g/mol. The largest absolute Gasteiger partial charge is 0.496 e. The molecule has 0 saturated carbocycles. The summed E-state index contributed by atoms with van der Waals surface area (Å²) in [6.07, 6.45) is 0.471. The predicted molar refractivity (Wildman–Crippen MR) is 67.0 cm³/mol. The van der Waals surface area contributed by atoms with Crippen molar-refractivity contribution in [3.8, 4) is 5.75 Å². The summed E-state index contributed by atoms with van der Waals surface area (Å²) in [6, 6.07) is 5.17. The van der Waals surface area contributed by atoms with Crippen molar-refractivity contribution in [3.05, 3.63) is 28.8 Å². The number of carbonyl (C=O) groups is 2. The van der Waals surface area contributed by atoms with E-state index in [0.29, 0.717) is 17.2 Å². The molecule has 18 heavy (non-hydrogen) atoms. The molecule has 1 aromatic carbocycles. The van der Waals surface area contributed by atoms with Crippen LogP contribution in [0.25, 0.3) is 0 Å². The number of benzene rings is 1. The Labute approximate surface area is 110 Å². The summed E-state index contributed by atoms with van der Waals surface area (Å²) in [5.41, 5.74) is 0.829. The topological polar surface area (TPSA) is 66.8 Å². The second kappa shape index (κ2) is 6.26.